The first-order chi connectivity index (χ1) is 9.15. The van der Waals surface area contributed by atoms with Crippen molar-refractivity contribution in [3.63, 3.8) is 0 Å². The number of benzene rings is 1. The van der Waals surface area contributed by atoms with Crippen LogP contribution in [0.25, 0.3) is 10.9 Å². The summed E-state index contributed by atoms with van der Waals surface area (Å²) in [6, 6.07) is 7.84. The fourth-order valence-corrected chi connectivity index (χ4v) is 3.56. The molecule has 0 unspecified atom stereocenters. The van der Waals surface area contributed by atoms with Crippen LogP contribution in [-0.2, 0) is 9.59 Å². The number of thioether (sulfide) groups is 1. The van der Waals surface area contributed by atoms with Gasteiger partial charge < -0.3 is 4.98 Å². The van der Waals surface area contributed by atoms with Gasteiger partial charge in [0.05, 0.1) is 11.2 Å². The Balaban J connectivity index is 2.15. The summed E-state index contributed by atoms with van der Waals surface area (Å²) in [5.41, 5.74) is 1.91. The quantitative estimate of drug-likeness (QED) is 0.852. The number of aromatic nitrogens is 1. The highest BCUT2D eigenvalue weighted by atomic mass is 32.2. The smallest absolute Gasteiger partial charge is 0.243 e. The summed E-state index contributed by atoms with van der Waals surface area (Å²) in [4.78, 5) is 28.8. The lowest BCUT2D eigenvalue weighted by Gasteiger charge is -2.12. The van der Waals surface area contributed by atoms with Gasteiger partial charge in [0.25, 0.3) is 0 Å². The Bertz CT molecular complexity index is 664. The highest BCUT2D eigenvalue weighted by Gasteiger charge is 2.46. The van der Waals surface area contributed by atoms with Crippen molar-refractivity contribution in [1.82, 2.24) is 9.88 Å². The Kier molecular flexibility index (Phi) is 2.86. The van der Waals surface area contributed by atoms with Crippen molar-refractivity contribution < 1.29 is 9.59 Å². The van der Waals surface area contributed by atoms with Crippen LogP contribution in [0.1, 0.15) is 11.5 Å². The van der Waals surface area contributed by atoms with Gasteiger partial charge in [0.2, 0.25) is 11.8 Å². The molecule has 1 aromatic carbocycles. The first-order valence-corrected chi connectivity index (χ1v) is 7.34. The summed E-state index contributed by atoms with van der Waals surface area (Å²) in [7, 11) is 1.56. The molecule has 2 aromatic rings. The summed E-state index contributed by atoms with van der Waals surface area (Å²) < 4.78 is 0. The van der Waals surface area contributed by atoms with Gasteiger partial charge in [-0.1, -0.05) is 18.2 Å². The van der Waals surface area contributed by atoms with Gasteiger partial charge in [0.1, 0.15) is 0 Å². The van der Waals surface area contributed by atoms with Crippen LogP contribution in [-0.4, -0.2) is 40.3 Å². The van der Waals surface area contributed by atoms with Gasteiger partial charge in [-0.15, -0.1) is 0 Å². The van der Waals surface area contributed by atoms with Crippen molar-refractivity contribution in [2.75, 3.05) is 13.3 Å². The van der Waals surface area contributed by atoms with E-state index >= 15 is 0 Å². The van der Waals surface area contributed by atoms with Crippen molar-refractivity contribution in [3.8, 4) is 0 Å². The minimum absolute atomic E-state index is 0.104. The Morgan fingerprint density at radius 2 is 1.95 bits per heavy atom. The van der Waals surface area contributed by atoms with E-state index in [9.17, 15) is 9.59 Å². The number of aromatic amines is 1. The number of likely N-dealkylation sites (tertiary alicyclic amines) is 1. The maximum atomic E-state index is 12.3. The van der Waals surface area contributed by atoms with Gasteiger partial charge in [-0.05, 0) is 17.9 Å². The highest BCUT2D eigenvalue weighted by molar-refractivity contribution is 8.00. The van der Waals surface area contributed by atoms with Gasteiger partial charge in [0, 0.05) is 24.1 Å². The van der Waals surface area contributed by atoms with Crippen LogP contribution in [0.2, 0.25) is 0 Å². The number of likely N-dealkylation sites (N-methyl/N-ethyl adjacent to an activating group) is 1. The molecular weight excluding hydrogens is 260 g/mol. The van der Waals surface area contributed by atoms with Crippen LogP contribution in [0.15, 0.2) is 30.5 Å². The molecule has 0 aliphatic carbocycles. The predicted octanol–water partition coefficient (Wildman–Crippen LogP) is 1.98. The van der Waals surface area contributed by atoms with Crippen LogP contribution in [0.5, 0.6) is 0 Å². The fraction of sp³-hybridized carbons (Fsp3) is 0.286. The van der Waals surface area contributed by atoms with Crippen LogP contribution in [0.3, 0.4) is 0 Å². The Morgan fingerprint density at radius 3 is 2.68 bits per heavy atom. The molecule has 4 nitrogen and oxygen atoms in total. The van der Waals surface area contributed by atoms with Gasteiger partial charge in [0.15, 0.2) is 0 Å². The molecular formula is C14H14N2O2S. The molecule has 3 rings (SSSR count). The van der Waals surface area contributed by atoms with E-state index in [0.717, 1.165) is 16.5 Å². The second kappa shape index (κ2) is 4.42. The monoisotopic (exact) mass is 274 g/mol. The number of amides is 2. The van der Waals surface area contributed by atoms with E-state index in [1.54, 1.807) is 7.05 Å². The van der Waals surface area contributed by atoms with E-state index in [-0.39, 0.29) is 23.0 Å². The lowest BCUT2D eigenvalue weighted by Crippen LogP contribution is -2.26. The third-order valence-corrected chi connectivity index (χ3v) is 4.67. The lowest BCUT2D eigenvalue weighted by molar-refractivity contribution is -0.136. The Labute approximate surface area is 115 Å². The SMILES string of the molecule is CS[C@@H]1C(=O)N(C)C(=O)[C@H]1c1c[nH]c2ccccc12. The van der Waals surface area contributed by atoms with E-state index in [1.165, 1.54) is 16.7 Å². The predicted molar refractivity (Wildman–Crippen MR) is 76.1 cm³/mol. The molecule has 2 atom stereocenters. The molecule has 2 amide bonds. The minimum atomic E-state index is -0.386. The second-order valence-corrected chi connectivity index (χ2v) is 5.64. The van der Waals surface area contributed by atoms with Crippen LogP contribution in [0.4, 0.5) is 0 Å². The van der Waals surface area contributed by atoms with Crippen LogP contribution in [0, 0.1) is 0 Å². The number of rotatable bonds is 2. The van der Waals surface area contributed by atoms with Gasteiger partial charge in [-0.3, -0.25) is 14.5 Å². The topological polar surface area (TPSA) is 53.2 Å². The van der Waals surface area contributed by atoms with Gasteiger partial charge >= 0.3 is 0 Å². The van der Waals surface area contributed by atoms with E-state index in [1.807, 2.05) is 36.7 Å². The average Bonchev–Trinajstić information content (AvgIpc) is 2.93. The molecule has 1 aromatic heterocycles. The molecule has 1 aliphatic heterocycles. The first-order valence-electron chi connectivity index (χ1n) is 6.05. The average molecular weight is 274 g/mol. The molecule has 1 fully saturated rings. The zero-order valence-electron chi connectivity index (χ0n) is 10.7. The second-order valence-electron chi connectivity index (χ2n) is 4.66. The normalized spacial score (nSPS) is 23.6. The summed E-state index contributed by atoms with van der Waals surface area (Å²) in [5.74, 6) is -0.606. The van der Waals surface area contributed by atoms with E-state index < -0.39 is 0 Å². The largest absolute Gasteiger partial charge is 0.361 e. The Hall–Kier alpha value is -1.75. The third kappa shape index (κ3) is 1.69. The van der Waals surface area contributed by atoms with E-state index in [0.29, 0.717) is 0 Å². The molecule has 1 saturated heterocycles. The number of carbonyl (C=O) groups excluding carboxylic acids is 2. The zero-order chi connectivity index (χ0) is 13.6. The van der Waals surface area contributed by atoms with E-state index in [4.69, 9.17) is 0 Å². The molecule has 1 N–H and O–H groups in total. The lowest BCUT2D eigenvalue weighted by atomic mass is 9.96. The van der Waals surface area contributed by atoms with Crippen molar-refractivity contribution >= 4 is 34.5 Å². The summed E-state index contributed by atoms with van der Waals surface area (Å²) >= 11 is 1.44. The van der Waals surface area contributed by atoms with Crippen LogP contribution < -0.4 is 0 Å². The van der Waals surface area contributed by atoms with Crippen molar-refractivity contribution in [3.05, 3.63) is 36.0 Å². The fourth-order valence-electron chi connectivity index (χ4n) is 2.66. The molecule has 98 valence electrons. The molecule has 0 bridgehead atoms. The molecule has 0 spiro atoms. The maximum Gasteiger partial charge on any atom is 0.243 e. The van der Waals surface area contributed by atoms with Crippen molar-refractivity contribution in [2.45, 2.75) is 11.2 Å². The van der Waals surface area contributed by atoms with Crippen molar-refractivity contribution in [2.24, 2.45) is 0 Å². The number of nitrogens with one attached hydrogen (secondary N) is 1. The molecule has 2 heterocycles. The molecule has 5 heteroatoms. The van der Waals surface area contributed by atoms with Crippen molar-refractivity contribution in [1.29, 1.82) is 0 Å². The summed E-state index contributed by atoms with van der Waals surface area (Å²) in [5, 5.41) is 0.694. The number of imide groups is 1. The van der Waals surface area contributed by atoms with Gasteiger partial charge in [-0.2, -0.15) is 11.8 Å². The number of carbonyl (C=O) groups is 2. The third-order valence-electron chi connectivity index (χ3n) is 3.68. The molecule has 0 radical (unpaired) electrons. The minimum Gasteiger partial charge on any atom is -0.361 e. The molecule has 1 aliphatic rings. The summed E-state index contributed by atoms with van der Waals surface area (Å²) in [6.07, 6.45) is 3.72. The standard InChI is InChI=1S/C14H14N2O2S/c1-16-13(17)11(12(19-2)14(16)18)9-7-15-10-6-4-3-5-8(9)10/h3-7,11-12,15H,1-2H3/t11-,12-/m0/s1. The van der Waals surface area contributed by atoms with Gasteiger partial charge in [-0.25, -0.2) is 0 Å². The van der Waals surface area contributed by atoms with Crippen LogP contribution >= 0.6 is 11.8 Å². The number of nitrogens with zero attached hydrogens (tertiary/aromatic N) is 1. The molecule has 19 heavy (non-hydrogen) atoms. The number of hydrogen-bond donors (Lipinski definition) is 1. The molecule has 0 saturated carbocycles. The first kappa shape index (κ1) is 12.3. The number of para-hydroxylation sites is 1. The zero-order valence-corrected chi connectivity index (χ0v) is 11.5. The number of hydrogen-bond acceptors (Lipinski definition) is 3. The van der Waals surface area contributed by atoms with E-state index in [2.05, 4.69) is 4.98 Å². The highest BCUT2D eigenvalue weighted by Crippen LogP contribution is 2.38. The number of H-pyrrole nitrogens is 1. The number of fused-ring (bicyclic) bond motifs is 1. The Morgan fingerprint density at radius 1 is 1.21 bits per heavy atom. The summed E-state index contributed by atoms with van der Waals surface area (Å²) in [6.45, 7) is 0. The maximum absolute atomic E-state index is 12.3.